The summed E-state index contributed by atoms with van der Waals surface area (Å²) in [6.07, 6.45) is 0.231. The van der Waals surface area contributed by atoms with Crippen molar-refractivity contribution in [2.45, 2.75) is 16.2 Å². The summed E-state index contributed by atoms with van der Waals surface area (Å²) >= 11 is 0. The van der Waals surface area contributed by atoms with Crippen LogP contribution in [-0.4, -0.2) is 23.4 Å². The zero-order valence-corrected chi connectivity index (χ0v) is 13.7. The first-order valence-electron chi connectivity index (χ1n) is 6.75. The van der Waals surface area contributed by atoms with E-state index in [1.807, 2.05) is 0 Å². The number of anilines is 1. The lowest BCUT2D eigenvalue weighted by molar-refractivity contribution is 0.484. The van der Waals surface area contributed by atoms with Crippen LogP contribution in [0.1, 0.15) is 5.56 Å². The summed E-state index contributed by atoms with van der Waals surface area (Å²) in [5.74, 6) is -2.72. The van der Waals surface area contributed by atoms with Crippen LogP contribution in [0.2, 0.25) is 0 Å². The Morgan fingerprint density at radius 3 is 2.42 bits per heavy atom. The molecule has 0 saturated heterocycles. The van der Waals surface area contributed by atoms with Crippen LogP contribution in [-0.2, 0) is 26.5 Å². The van der Waals surface area contributed by atoms with E-state index in [1.165, 1.54) is 18.2 Å². The molecule has 0 amide bonds. The van der Waals surface area contributed by atoms with Crippen LogP contribution in [0, 0.1) is 11.6 Å². The SMILES string of the molecule is NS(=O)(=O)c1ccc2c(c1)CCN2S(=O)(=O)c1cccc(F)c1F. The quantitative estimate of drug-likeness (QED) is 0.877. The van der Waals surface area contributed by atoms with E-state index in [2.05, 4.69) is 0 Å². The first-order chi connectivity index (χ1) is 11.1. The van der Waals surface area contributed by atoms with Gasteiger partial charge in [0, 0.05) is 6.54 Å². The number of rotatable bonds is 3. The Hall–Kier alpha value is -2.04. The third-order valence-electron chi connectivity index (χ3n) is 3.72. The number of nitrogens with zero attached hydrogens (tertiary/aromatic N) is 1. The second kappa shape index (κ2) is 5.50. The lowest BCUT2D eigenvalue weighted by Crippen LogP contribution is -2.30. The molecular formula is C14H12F2N2O4S2. The minimum atomic E-state index is -4.32. The molecule has 0 spiro atoms. The minimum absolute atomic E-state index is 0.0122. The first kappa shape index (κ1) is 16.8. The van der Waals surface area contributed by atoms with Gasteiger partial charge in [-0.05, 0) is 42.3 Å². The summed E-state index contributed by atoms with van der Waals surface area (Å²) < 4.78 is 76.1. The van der Waals surface area contributed by atoms with Gasteiger partial charge in [0.2, 0.25) is 10.0 Å². The Balaban J connectivity index is 2.10. The van der Waals surface area contributed by atoms with Crippen molar-refractivity contribution in [2.24, 2.45) is 5.14 Å². The van der Waals surface area contributed by atoms with E-state index >= 15 is 0 Å². The maximum absolute atomic E-state index is 13.9. The molecule has 0 unspecified atom stereocenters. The van der Waals surface area contributed by atoms with Crippen LogP contribution in [0.15, 0.2) is 46.2 Å². The zero-order chi connectivity index (χ0) is 17.7. The molecule has 0 bridgehead atoms. The Morgan fingerprint density at radius 2 is 1.75 bits per heavy atom. The molecule has 2 aromatic carbocycles. The summed E-state index contributed by atoms with van der Waals surface area (Å²) in [6.45, 7) is -0.0122. The third-order valence-corrected chi connectivity index (χ3v) is 6.46. The van der Waals surface area contributed by atoms with Crippen LogP contribution in [0.25, 0.3) is 0 Å². The van der Waals surface area contributed by atoms with E-state index in [0.717, 1.165) is 22.5 Å². The summed E-state index contributed by atoms with van der Waals surface area (Å²) in [5.41, 5.74) is 0.660. The highest BCUT2D eigenvalue weighted by molar-refractivity contribution is 7.92. The van der Waals surface area contributed by atoms with Gasteiger partial charge in [0.15, 0.2) is 11.6 Å². The molecule has 3 rings (SSSR count). The van der Waals surface area contributed by atoms with Gasteiger partial charge in [-0.15, -0.1) is 0 Å². The molecule has 0 atom stereocenters. The van der Waals surface area contributed by atoms with Crippen molar-refractivity contribution >= 4 is 25.7 Å². The highest BCUT2D eigenvalue weighted by Gasteiger charge is 2.34. The molecule has 1 heterocycles. The summed E-state index contributed by atoms with van der Waals surface area (Å²) in [5, 5.41) is 5.05. The van der Waals surface area contributed by atoms with Crippen molar-refractivity contribution in [1.82, 2.24) is 0 Å². The van der Waals surface area contributed by atoms with Gasteiger partial charge >= 0.3 is 0 Å². The van der Waals surface area contributed by atoms with Gasteiger partial charge in [0.05, 0.1) is 10.6 Å². The van der Waals surface area contributed by atoms with E-state index in [1.54, 1.807) is 0 Å². The van der Waals surface area contributed by atoms with Gasteiger partial charge in [-0.1, -0.05) is 6.07 Å². The van der Waals surface area contributed by atoms with Crippen molar-refractivity contribution in [2.75, 3.05) is 10.8 Å². The Kier molecular flexibility index (Phi) is 3.85. The number of hydrogen-bond acceptors (Lipinski definition) is 4. The molecule has 1 aliphatic heterocycles. The predicted molar refractivity (Wildman–Crippen MR) is 82.4 cm³/mol. The van der Waals surface area contributed by atoms with Crippen LogP contribution in [0.3, 0.4) is 0 Å². The average Bonchev–Trinajstić information content (AvgIpc) is 2.92. The fourth-order valence-electron chi connectivity index (χ4n) is 2.58. The van der Waals surface area contributed by atoms with Crippen molar-refractivity contribution in [1.29, 1.82) is 0 Å². The highest BCUT2D eigenvalue weighted by Crippen LogP contribution is 2.35. The smallest absolute Gasteiger partial charge is 0.266 e. The average molecular weight is 374 g/mol. The van der Waals surface area contributed by atoms with E-state index < -0.39 is 36.6 Å². The Bertz CT molecular complexity index is 1040. The number of fused-ring (bicyclic) bond motifs is 1. The molecule has 2 N–H and O–H groups in total. The van der Waals surface area contributed by atoms with E-state index in [4.69, 9.17) is 5.14 Å². The van der Waals surface area contributed by atoms with Crippen molar-refractivity contribution in [3.8, 4) is 0 Å². The van der Waals surface area contributed by atoms with Crippen molar-refractivity contribution in [3.05, 3.63) is 53.6 Å². The van der Waals surface area contributed by atoms with Crippen molar-refractivity contribution in [3.63, 3.8) is 0 Å². The second-order valence-electron chi connectivity index (χ2n) is 5.21. The molecule has 0 saturated carbocycles. The monoisotopic (exact) mass is 374 g/mol. The molecule has 2 aromatic rings. The molecule has 0 aliphatic carbocycles. The first-order valence-corrected chi connectivity index (χ1v) is 9.73. The number of hydrogen-bond donors (Lipinski definition) is 1. The molecule has 24 heavy (non-hydrogen) atoms. The number of sulfonamides is 2. The van der Waals surface area contributed by atoms with E-state index in [9.17, 15) is 25.6 Å². The topological polar surface area (TPSA) is 97.5 Å². The number of halogens is 2. The molecular weight excluding hydrogens is 362 g/mol. The molecule has 0 aromatic heterocycles. The maximum atomic E-state index is 13.9. The third kappa shape index (κ3) is 2.66. The largest absolute Gasteiger partial charge is 0.267 e. The summed E-state index contributed by atoms with van der Waals surface area (Å²) in [4.78, 5) is -0.914. The normalized spacial score (nSPS) is 14.7. The molecule has 0 fully saturated rings. The lowest BCUT2D eigenvalue weighted by atomic mass is 10.2. The molecule has 6 nitrogen and oxygen atoms in total. The van der Waals surface area contributed by atoms with Gasteiger partial charge in [-0.3, -0.25) is 4.31 Å². The maximum Gasteiger partial charge on any atom is 0.267 e. The van der Waals surface area contributed by atoms with Gasteiger partial charge in [0.25, 0.3) is 10.0 Å². The van der Waals surface area contributed by atoms with Gasteiger partial charge in [-0.2, -0.15) is 0 Å². The van der Waals surface area contributed by atoms with Crippen LogP contribution >= 0.6 is 0 Å². The van der Waals surface area contributed by atoms with Crippen LogP contribution in [0.5, 0.6) is 0 Å². The van der Waals surface area contributed by atoms with E-state index in [0.29, 0.717) is 5.56 Å². The fraction of sp³-hybridized carbons (Fsp3) is 0.143. The molecule has 1 aliphatic rings. The van der Waals surface area contributed by atoms with Crippen LogP contribution in [0.4, 0.5) is 14.5 Å². The van der Waals surface area contributed by atoms with Crippen molar-refractivity contribution < 1.29 is 25.6 Å². The Labute approximate surface area is 137 Å². The van der Waals surface area contributed by atoms with Crippen LogP contribution < -0.4 is 9.44 Å². The van der Waals surface area contributed by atoms with Gasteiger partial charge in [-0.25, -0.2) is 30.8 Å². The predicted octanol–water partition coefficient (Wildman–Crippen LogP) is 1.36. The lowest BCUT2D eigenvalue weighted by Gasteiger charge is -2.20. The summed E-state index contributed by atoms with van der Waals surface area (Å²) in [7, 11) is -8.24. The Morgan fingerprint density at radius 1 is 1.04 bits per heavy atom. The number of primary sulfonamides is 1. The summed E-state index contributed by atoms with van der Waals surface area (Å²) in [6, 6.07) is 6.64. The minimum Gasteiger partial charge on any atom is -0.266 e. The number of nitrogens with two attached hydrogens (primary N) is 1. The van der Waals surface area contributed by atoms with E-state index in [-0.39, 0.29) is 23.5 Å². The molecule has 0 radical (unpaired) electrons. The highest BCUT2D eigenvalue weighted by atomic mass is 32.2. The zero-order valence-electron chi connectivity index (χ0n) is 12.1. The van der Waals surface area contributed by atoms with Gasteiger partial charge in [0.1, 0.15) is 4.90 Å². The van der Waals surface area contributed by atoms with Gasteiger partial charge < -0.3 is 0 Å². The molecule has 128 valence electrons. The second-order valence-corrected chi connectivity index (χ2v) is 8.61. The molecule has 10 heteroatoms. The number of benzene rings is 2. The standard InChI is InChI=1S/C14H12F2N2O4S2/c15-11-2-1-3-13(14(11)16)24(21,22)18-7-6-9-8-10(23(17,19)20)4-5-12(9)18/h1-5,8H,6-7H2,(H2,17,19,20). The fourth-order valence-corrected chi connectivity index (χ4v) is 4.72.